The van der Waals surface area contributed by atoms with Gasteiger partial charge in [-0.1, -0.05) is 0 Å². The Morgan fingerprint density at radius 3 is 2.60 bits per heavy atom. The minimum Gasteiger partial charge on any atom is -0.424 e. The zero-order valence-corrected chi connectivity index (χ0v) is 14.9. The van der Waals surface area contributed by atoms with E-state index in [0.717, 1.165) is 19.4 Å². The lowest BCUT2D eigenvalue weighted by molar-refractivity contribution is 0.0747. The molecule has 8 nitrogen and oxygen atoms in total. The largest absolute Gasteiger partial charge is 0.424 e. The molecule has 1 aliphatic heterocycles. The van der Waals surface area contributed by atoms with Crippen molar-refractivity contribution >= 4 is 15.9 Å². The number of sulfonamides is 1. The molecule has 1 amide bonds. The van der Waals surface area contributed by atoms with Crippen LogP contribution in [0.5, 0.6) is 0 Å². The predicted molar refractivity (Wildman–Crippen MR) is 89.2 cm³/mol. The number of nitrogens with one attached hydrogen (secondary N) is 1. The van der Waals surface area contributed by atoms with Crippen LogP contribution in [-0.2, 0) is 16.6 Å². The molecule has 1 aliphatic rings. The molecular formula is C16H20N4O4S. The first kappa shape index (κ1) is 17.6. The van der Waals surface area contributed by atoms with Crippen molar-refractivity contribution in [2.45, 2.75) is 44.2 Å². The monoisotopic (exact) mass is 364 g/mol. The van der Waals surface area contributed by atoms with Gasteiger partial charge in [0.05, 0.1) is 11.4 Å². The lowest BCUT2D eigenvalue weighted by Crippen LogP contribution is -2.33. The molecule has 0 radical (unpaired) electrons. The van der Waals surface area contributed by atoms with Crippen LogP contribution in [0.2, 0.25) is 0 Å². The molecule has 9 heteroatoms. The van der Waals surface area contributed by atoms with Gasteiger partial charge in [-0.2, -0.15) is 0 Å². The minimum absolute atomic E-state index is 0.0664. The van der Waals surface area contributed by atoms with Crippen LogP contribution >= 0.6 is 0 Å². The van der Waals surface area contributed by atoms with E-state index in [1.807, 2.05) is 11.8 Å². The number of amides is 1. The van der Waals surface area contributed by atoms with E-state index in [2.05, 4.69) is 14.9 Å². The third-order valence-electron chi connectivity index (χ3n) is 4.21. The Kier molecular flexibility index (Phi) is 4.87. The van der Waals surface area contributed by atoms with Crippen molar-refractivity contribution in [1.29, 1.82) is 0 Å². The third-order valence-corrected chi connectivity index (χ3v) is 5.62. The van der Waals surface area contributed by atoms with E-state index in [0.29, 0.717) is 11.5 Å². The fourth-order valence-corrected chi connectivity index (χ4v) is 3.80. The van der Waals surface area contributed by atoms with Gasteiger partial charge >= 0.3 is 0 Å². The van der Waals surface area contributed by atoms with Gasteiger partial charge in [-0.05, 0) is 44.0 Å². The standard InChI is InChI=1S/C16H20N4O4S/c1-11-4-3-9-20(11)16(21)13-5-7-14(8-6-13)25(22,23)17-10-15-19-18-12(2)24-15/h5-8,11,17H,3-4,9-10H2,1-2H3/t11-/m0/s1. The fourth-order valence-electron chi connectivity index (χ4n) is 2.83. The Balaban J connectivity index is 1.69. The van der Waals surface area contributed by atoms with Crippen LogP contribution in [0.4, 0.5) is 0 Å². The second-order valence-electron chi connectivity index (χ2n) is 6.05. The quantitative estimate of drug-likeness (QED) is 0.861. The van der Waals surface area contributed by atoms with Gasteiger partial charge < -0.3 is 9.32 Å². The highest BCUT2D eigenvalue weighted by molar-refractivity contribution is 7.89. The highest BCUT2D eigenvalue weighted by Crippen LogP contribution is 2.20. The first-order chi connectivity index (χ1) is 11.9. The van der Waals surface area contributed by atoms with Crippen molar-refractivity contribution in [1.82, 2.24) is 19.8 Å². The van der Waals surface area contributed by atoms with Gasteiger partial charge in [0.1, 0.15) is 0 Å². The number of benzene rings is 1. The van der Waals surface area contributed by atoms with E-state index in [9.17, 15) is 13.2 Å². The molecule has 2 aromatic rings. The molecule has 0 saturated carbocycles. The number of hydrogen-bond acceptors (Lipinski definition) is 6. The topological polar surface area (TPSA) is 105 Å². The summed E-state index contributed by atoms with van der Waals surface area (Å²) in [6, 6.07) is 6.15. The molecule has 1 atom stereocenters. The second-order valence-corrected chi connectivity index (χ2v) is 7.82. The maximum Gasteiger partial charge on any atom is 0.254 e. The maximum absolute atomic E-state index is 12.5. The lowest BCUT2D eigenvalue weighted by atomic mass is 10.2. The van der Waals surface area contributed by atoms with Crippen molar-refractivity contribution in [3.63, 3.8) is 0 Å². The number of carbonyl (C=O) groups is 1. The van der Waals surface area contributed by atoms with Crippen LogP contribution in [0.25, 0.3) is 0 Å². The van der Waals surface area contributed by atoms with Crippen molar-refractivity contribution in [3.8, 4) is 0 Å². The zero-order chi connectivity index (χ0) is 18.0. The molecule has 1 saturated heterocycles. The molecule has 134 valence electrons. The van der Waals surface area contributed by atoms with E-state index in [1.165, 1.54) is 12.1 Å². The van der Waals surface area contributed by atoms with Gasteiger partial charge in [0.25, 0.3) is 5.91 Å². The molecule has 1 aromatic carbocycles. The zero-order valence-electron chi connectivity index (χ0n) is 14.1. The Morgan fingerprint density at radius 2 is 2.04 bits per heavy atom. The predicted octanol–water partition coefficient (Wildman–Crippen LogP) is 1.48. The Hall–Kier alpha value is -2.26. The molecule has 2 heterocycles. The SMILES string of the molecule is Cc1nnc(CNS(=O)(=O)c2ccc(C(=O)N3CCC[C@@H]3C)cc2)o1. The van der Waals surface area contributed by atoms with Crippen molar-refractivity contribution in [3.05, 3.63) is 41.6 Å². The summed E-state index contributed by atoms with van der Waals surface area (Å²) in [5.41, 5.74) is 0.486. The smallest absolute Gasteiger partial charge is 0.254 e. The molecule has 25 heavy (non-hydrogen) atoms. The van der Waals surface area contributed by atoms with E-state index in [-0.39, 0.29) is 29.3 Å². The molecule has 1 aromatic heterocycles. The average Bonchev–Trinajstić information content (AvgIpc) is 3.21. The van der Waals surface area contributed by atoms with Crippen LogP contribution in [0.3, 0.4) is 0 Å². The summed E-state index contributed by atoms with van der Waals surface area (Å²) in [5, 5.41) is 7.38. The van der Waals surface area contributed by atoms with Crippen LogP contribution in [0.15, 0.2) is 33.6 Å². The van der Waals surface area contributed by atoms with E-state index < -0.39 is 10.0 Å². The van der Waals surface area contributed by atoms with Crippen LogP contribution in [0.1, 0.15) is 41.9 Å². The van der Waals surface area contributed by atoms with Crippen LogP contribution in [0, 0.1) is 6.92 Å². The summed E-state index contributed by atoms with van der Waals surface area (Å²) in [5.74, 6) is 0.493. The number of rotatable bonds is 5. The average molecular weight is 364 g/mol. The van der Waals surface area contributed by atoms with E-state index >= 15 is 0 Å². The number of nitrogens with zero attached hydrogens (tertiary/aromatic N) is 3. The van der Waals surface area contributed by atoms with Gasteiger partial charge in [-0.3, -0.25) is 4.79 Å². The van der Waals surface area contributed by atoms with Crippen LogP contribution < -0.4 is 4.72 Å². The number of hydrogen-bond donors (Lipinski definition) is 1. The first-order valence-corrected chi connectivity index (χ1v) is 9.55. The second kappa shape index (κ2) is 6.93. The fraction of sp³-hybridized carbons (Fsp3) is 0.438. The van der Waals surface area contributed by atoms with E-state index in [4.69, 9.17) is 4.42 Å². The van der Waals surface area contributed by atoms with Gasteiger partial charge in [0.15, 0.2) is 0 Å². The van der Waals surface area contributed by atoms with Gasteiger partial charge in [-0.15, -0.1) is 10.2 Å². The summed E-state index contributed by atoms with van der Waals surface area (Å²) >= 11 is 0. The first-order valence-electron chi connectivity index (χ1n) is 8.06. The number of aryl methyl sites for hydroxylation is 1. The summed E-state index contributed by atoms with van der Waals surface area (Å²) in [6.07, 6.45) is 2.00. The van der Waals surface area contributed by atoms with Crippen LogP contribution in [-0.4, -0.2) is 42.0 Å². The summed E-state index contributed by atoms with van der Waals surface area (Å²) in [4.78, 5) is 14.4. The number of likely N-dealkylation sites (tertiary alicyclic amines) is 1. The highest BCUT2D eigenvalue weighted by Gasteiger charge is 2.26. The lowest BCUT2D eigenvalue weighted by Gasteiger charge is -2.21. The van der Waals surface area contributed by atoms with Gasteiger partial charge in [-0.25, -0.2) is 13.1 Å². The number of carbonyl (C=O) groups excluding carboxylic acids is 1. The molecule has 1 N–H and O–H groups in total. The minimum atomic E-state index is -3.72. The normalized spacial score (nSPS) is 17.8. The molecular weight excluding hydrogens is 344 g/mol. The van der Waals surface area contributed by atoms with Gasteiger partial charge in [0, 0.05) is 25.1 Å². The van der Waals surface area contributed by atoms with Crippen molar-refractivity contribution in [2.24, 2.45) is 0 Å². The molecule has 0 unspecified atom stereocenters. The Bertz CT molecular complexity index is 861. The summed E-state index contributed by atoms with van der Waals surface area (Å²) in [7, 11) is -3.72. The maximum atomic E-state index is 12.5. The van der Waals surface area contributed by atoms with E-state index in [1.54, 1.807) is 19.1 Å². The molecule has 0 spiro atoms. The van der Waals surface area contributed by atoms with Crippen molar-refractivity contribution < 1.29 is 17.6 Å². The van der Waals surface area contributed by atoms with Gasteiger partial charge in [0.2, 0.25) is 21.8 Å². The van der Waals surface area contributed by atoms with Crippen molar-refractivity contribution in [2.75, 3.05) is 6.54 Å². The summed E-state index contributed by atoms with van der Waals surface area (Å²) in [6.45, 7) is 4.30. The Morgan fingerprint density at radius 1 is 1.32 bits per heavy atom. The molecule has 0 aliphatic carbocycles. The molecule has 0 bridgehead atoms. The number of aromatic nitrogens is 2. The highest BCUT2D eigenvalue weighted by atomic mass is 32.2. The molecule has 1 fully saturated rings. The summed E-state index contributed by atoms with van der Waals surface area (Å²) < 4.78 is 32.1. The Labute approximate surface area is 146 Å². The third kappa shape index (κ3) is 3.88. The molecule has 3 rings (SSSR count).